The number of piperidine rings is 1. The van der Waals surface area contributed by atoms with Gasteiger partial charge in [0.05, 0.1) is 23.9 Å². The second kappa shape index (κ2) is 10.1. The molecule has 1 aromatic heterocycles. The SMILES string of the molecule is COCc1nc(-c2cc(C(=O)N3CCC(F)(c4ccccc4C#N)CC3)c(C)cc2C2CCC2)[nH]c1C. The number of nitriles is 1. The molecule has 0 atom stereocenters. The maximum Gasteiger partial charge on any atom is 0.254 e. The number of carbonyl (C=O) groups excluding carboxylic acids is 1. The smallest absolute Gasteiger partial charge is 0.254 e. The van der Waals surface area contributed by atoms with Gasteiger partial charge in [-0.2, -0.15) is 5.26 Å². The van der Waals surface area contributed by atoms with Crippen molar-refractivity contribution in [1.29, 1.82) is 5.26 Å². The van der Waals surface area contributed by atoms with Crippen LogP contribution < -0.4 is 0 Å². The number of imidazole rings is 1. The maximum absolute atomic E-state index is 15.9. The Hall–Kier alpha value is -3.50. The molecular weight excluding hydrogens is 467 g/mol. The Morgan fingerprint density at radius 3 is 2.62 bits per heavy atom. The Kier molecular flexibility index (Phi) is 6.87. The number of likely N-dealkylation sites (tertiary alicyclic amines) is 1. The number of rotatable bonds is 6. The fraction of sp³-hybridized carbons (Fsp3) is 0.433. The van der Waals surface area contributed by atoms with Gasteiger partial charge in [0.1, 0.15) is 11.5 Å². The second-order valence-electron chi connectivity index (χ2n) is 10.4. The molecule has 0 radical (unpaired) electrons. The number of hydrogen-bond acceptors (Lipinski definition) is 4. The van der Waals surface area contributed by atoms with Crippen LogP contribution in [-0.4, -0.2) is 41.0 Å². The number of nitrogens with one attached hydrogen (secondary N) is 1. The summed E-state index contributed by atoms with van der Waals surface area (Å²) in [5.74, 6) is 1.14. The number of hydrogen-bond donors (Lipinski definition) is 1. The minimum absolute atomic E-state index is 0.0880. The van der Waals surface area contributed by atoms with E-state index in [1.807, 2.05) is 19.9 Å². The van der Waals surface area contributed by atoms with Crippen molar-refractivity contribution in [3.05, 3.63) is 75.6 Å². The lowest BCUT2D eigenvalue weighted by molar-refractivity contribution is 0.0420. The standard InChI is InChI=1S/C30H33FN4O2/c1-19-15-24(21-8-6-9-21)25(28-33-20(2)27(34-28)18-37-3)16-23(19)29(36)35-13-11-30(31,12-14-35)26-10-5-4-7-22(26)17-32/h4-5,7,10,15-16,21H,6,8-9,11-14,18H2,1-3H3,(H,33,34). The quantitative estimate of drug-likeness (QED) is 0.445. The summed E-state index contributed by atoms with van der Waals surface area (Å²) in [6, 6.07) is 13.1. The minimum Gasteiger partial charge on any atom is -0.378 e. The number of nitrogens with zero attached hydrogens (tertiary/aromatic N) is 3. The molecule has 0 spiro atoms. The zero-order valence-electron chi connectivity index (χ0n) is 21.7. The third-order valence-corrected chi connectivity index (χ3v) is 8.07. The summed E-state index contributed by atoms with van der Waals surface area (Å²) in [4.78, 5) is 23.7. The number of amides is 1. The molecule has 2 fully saturated rings. The molecule has 2 aliphatic rings. The Bertz CT molecular complexity index is 1360. The molecule has 2 aromatic carbocycles. The van der Waals surface area contributed by atoms with E-state index in [1.165, 1.54) is 12.0 Å². The molecule has 1 saturated heterocycles. The van der Waals surface area contributed by atoms with Gasteiger partial charge in [0, 0.05) is 55.4 Å². The van der Waals surface area contributed by atoms with E-state index in [-0.39, 0.29) is 18.7 Å². The van der Waals surface area contributed by atoms with Gasteiger partial charge in [-0.3, -0.25) is 4.79 Å². The first-order chi connectivity index (χ1) is 17.8. The van der Waals surface area contributed by atoms with Crippen LogP contribution in [-0.2, 0) is 17.0 Å². The van der Waals surface area contributed by atoms with Gasteiger partial charge in [0.15, 0.2) is 0 Å². The molecular formula is C30H33FN4O2. The predicted octanol–water partition coefficient (Wildman–Crippen LogP) is 6.08. The van der Waals surface area contributed by atoms with Gasteiger partial charge in [0.2, 0.25) is 0 Å². The van der Waals surface area contributed by atoms with Crippen molar-refractivity contribution >= 4 is 5.91 Å². The van der Waals surface area contributed by atoms with E-state index in [1.54, 1.807) is 36.3 Å². The van der Waals surface area contributed by atoms with Crippen LogP contribution in [0.15, 0.2) is 36.4 Å². The summed E-state index contributed by atoms with van der Waals surface area (Å²) in [7, 11) is 1.65. The van der Waals surface area contributed by atoms with Gasteiger partial charge in [-0.15, -0.1) is 0 Å². The van der Waals surface area contributed by atoms with E-state index in [9.17, 15) is 10.1 Å². The first-order valence-corrected chi connectivity index (χ1v) is 13.0. The summed E-state index contributed by atoms with van der Waals surface area (Å²) in [5.41, 5.74) is 4.74. The number of ether oxygens (including phenoxy) is 1. The molecule has 0 unspecified atom stereocenters. The molecule has 1 aliphatic carbocycles. The van der Waals surface area contributed by atoms with Gasteiger partial charge in [-0.25, -0.2) is 9.37 Å². The van der Waals surface area contributed by atoms with Crippen LogP contribution in [0.5, 0.6) is 0 Å². The van der Waals surface area contributed by atoms with E-state index < -0.39 is 5.67 Å². The lowest BCUT2D eigenvalue weighted by Crippen LogP contribution is -2.43. The number of aryl methyl sites for hydroxylation is 2. The molecule has 1 amide bonds. The van der Waals surface area contributed by atoms with Gasteiger partial charge in [-0.1, -0.05) is 30.7 Å². The van der Waals surface area contributed by atoms with E-state index in [4.69, 9.17) is 9.72 Å². The summed E-state index contributed by atoms with van der Waals surface area (Å²) in [6.45, 7) is 4.98. The Morgan fingerprint density at radius 2 is 1.97 bits per heavy atom. The van der Waals surface area contributed by atoms with Crippen molar-refractivity contribution in [2.75, 3.05) is 20.2 Å². The van der Waals surface area contributed by atoms with Crippen LogP contribution >= 0.6 is 0 Å². The summed E-state index contributed by atoms with van der Waals surface area (Å²) < 4.78 is 21.2. The highest BCUT2D eigenvalue weighted by Gasteiger charge is 2.39. The molecule has 7 heteroatoms. The fourth-order valence-electron chi connectivity index (χ4n) is 5.60. The van der Waals surface area contributed by atoms with E-state index in [0.717, 1.165) is 41.2 Å². The highest BCUT2D eigenvalue weighted by Crippen LogP contribution is 2.43. The normalized spacial score (nSPS) is 17.3. The number of H-pyrrole nitrogens is 1. The van der Waals surface area contributed by atoms with Crippen molar-refractivity contribution < 1.29 is 13.9 Å². The maximum atomic E-state index is 15.9. The molecule has 1 aliphatic heterocycles. The highest BCUT2D eigenvalue weighted by molar-refractivity contribution is 5.97. The number of aromatic amines is 1. The number of methoxy groups -OCH3 is 1. The molecule has 6 nitrogen and oxygen atoms in total. The van der Waals surface area contributed by atoms with Crippen molar-refractivity contribution in [1.82, 2.24) is 14.9 Å². The number of alkyl halides is 1. The van der Waals surface area contributed by atoms with Crippen LogP contribution in [0.1, 0.15) is 82.0 Å². The molecule has 5 rings (SSSR count). The zero-order chi connectivity index (χ0) is 26.2. The number of aromatic nitrogens is 2. The molecule has 192 valence electrons. The van der Waals surface area contributed by atoms with Crippen LogP contribution in [0.2, 0.25) is 0 Å². The largest absolute Gasteiger partial charge is 0.378 e. The average molecular weight is 501 g/mol. The van der Waals surface area contributed by atoms with Crippen LogP contribution in [0.4, 0.5) is 4.39 Å². The number of carbonyl (C=O) groups is 1. The van der Waals surface area contributed by atoms with Gasteiger partial charge in [-0.05, 0) is 55.9 Å². The Labute approximate surface area is 217 Å². The molecule has 37 heavy (non-hydrogen) atoms. The number of halogens is 1. The molecule has 3 aromatic rings. The third kappa shape index (κ3) is 4.67. The summed E-state index contributed by atoms with van der Waals surface area (Å²) in [6.07, 6.45) is 3.82. The summed E-state index contributed by atoms with van der Waals surface area (Å²) in [5, 5.41) is 9.44. The first-order valence-electron chi connectivity index (χ1n) is 13.0. The second-order valence-corrected chi connectivity index (χ2v) is 10.4. The van der Waals surface area contributed by atoms with Crippen LogP contribution in [0.3, 0.4) is 0 Å². The topological polar surface area (TPSA) is 82.0 Å². The predicted molar refractivity (Wildman–Crippen MR) is 140 cm³/mol. The Balaban J connectivity index is 1.43. The lowest BCUT2D eigenvalue weighted by atomic mass is 9.77. The molecule has 1 N–H and O–H groups in total. The van der Waals surface area contributed by atoms with Crippen molar-refractivity contribution in [2.45, 2.75) is 64.1 Å². The van der Waals surface area contributed by atoms with Gasteiger partial charge in [0.25, 0.3) is 5.91 Å². The monoisotopic (exact) mass is 500 g/mol. The Morgan fingerprint density at radius 1 is 1.24 bits per heavy atom. The van der Waals surface area contributed by atoms with E-state index in [0.29, 0.717) is 42.3 Å². The fourth-order valence-corrected chi connectivity index (χ4v) is 5.60. The molecule has 2 heterocycles. The van der Waals surface area contributed by atoms with Gasteiger partial charge >= 0.3 is 0 Å². The van der Waals surface area contributed by atoms with Crippen molar-refractivity contribution in [2.24, 2.45) is 0 Å². The van der Waals surface area contributed by atoms with Gasteiger partial charge < -0.3 is 14.6 Å². The third-order valence-electron chi connectivity index (χ3n) is 8.07. The highest BCUT2D eigenvalue weighted by atomic mass is 19.1. The average Bonchev–Trinajstić information content (AvgIpc) is 3.23. The minimum atomic E-state index is -1.61. The van der Waals surface area contributed by atoms with Crippen molar-refractivity contribution in [3.8, 4) is 17.5 Å². The van der Waals surface area contributed by atoms with E-state index >= 15 is 4.39 Å². The molecule has 1 saturated carbocycles. The number of benzene rings is 2. The van der Waals surface area contributed by atoms with Crippen LogP contribution in [0.25, 0.3) is 11.4 Å². The van der Waals surface area contributed by atoms with Crippen LogP contribution in [0, 0.1) is 25.2 Å². The zero-order valence-corrected chi connectivity index (χ0v) is 21.7. The summed E-state index contributed by atoms with van der Waals surface area (Å²) >= 11 is 0. The molecule has 0 bridgehead atoms. The lowest BCUT2D eigenvalue weighted by Gasteiger charge is -2.37. The first kappa shape index (κ1) is 25.2. The van der Waals surface area contributed by atoms with E-state index in [2.05, 4.69) is 17.1 Å². The van der Waals surface area contributed by atoms with Crippen molar-refractivity contribution in [3.63, 3.8) is 0 Å².